The minimum atomic E-state index is -0.0613. The van der Waals surface area contributed by atoms with Gasteiger partial charge in [0.05, 0.1) is 6.54 Å². The summed E-state index contributed by atoms with van der Waals surface area (Å²) in [5, 5.41) is 3.10. The van der Waals surface area contributed by atoms with Gasteiger partial charge in [-0.05, 0) is 61.6 Å². The molecule has 0 bridgehead atoms. The van der Waals surface area contributed by atoms with E-state index in [4.69, 9.17) is 0 Å². The molecule has 2 aromatic carbocycles. The van der Waals surface area contributed by atoms with Crippen LogP contribution < -0.4 is 5.32 Å². The third-order valence-electron chi connectivity index (χ3n) is 6.02. The molecule has 164 valence electrons. The normalized spacial score (nSPS) is 12.1. The van der Waals surface area contributed by atoms with E-state index in [0.717, 1.165) is 24.3 Å². The number of carbonyl (C=O) groups excluding carboxylic acids is 1. The van der Waals surface area contributed by atoms with Gasteiger partial charge in [0.2, 0.25) is 0 Å². The van der Waals surface area contributed by atoms with Gasteiger partial charge in [-0.1, -0.05) is 62.7 Å². The lowest BCUT2D eigenvalue weighted by Crippen LogP contribution is -2.43. The molecular weight excluding hydrogens is 382 g/mol. The molecule has 0 aliphatic heterocycles. The number of urea groups is 1. The van der Waals surface area contributed by atoms with Crippen molar-refractivity contribution in [1.82, 2.24) is 9.47 Å². The molecule has 4 heteroatoms. The van der Waals surface area contributed by atoms with E-state index < -0.39 is 0 Å². The first-order chi connectivity index (χ1) is 14.9. The molecule has 3 aromatic rings. The zero-order valence-corrected chi connectivity index (χ0v) is 19.4. The van der Waals surface area contributed by atoms with E-state index in [0.29, 0.717) is 12.5 Å². The van der Waals surface area contributed by atoms with Gasteiger partial charge < -0.3 is 14.8 Å². The number of aromatic nitrogens is 1. The van der Waals surface area contributed by atoms with Gasteiger partial charge in [0, 0.05) is 30.2 Å². The SMILES string of the molecule is CCc1ccc(NC(=O)N(Cc2cccn2Cc2cccc(C)c2)[C@@H](C)C(C)C)cc1. The first kappa shape index (κ1) is 22.7. The summed E-state index contributed by atoms with van der Waals surface area (Å²) in [5.74, 6) is 0.355. The summed E-state index contributed by atoms with van der Waals surface area (Å²) >= 11 is 0. The summed E-state index contributed by atoms with van der Waals surface area (Å²) in [6.07, 6.45) is 3.08. The monoisotopic (exact) mass is 417 g/mol. The first-order valence-electron chi connectivity index (χ1n) is 11.2. The van der Waals surface area contributed by atoms with Crippen molar-refractivity contribution in [3.63, 3.8) is 0 Å². The molecular formula is C27H35N3O. The highest BCUT2D eigenvalue weighted by atomic mass is 16.2. The number of carbonyl (C=O) groups is 1. The minimum Gasteiger partial charge on any atom is -0.345 e. The molecule has 0 fully saturated rings. The zero-order valence-electron chi connectivity index (χ0n) is 19.4. The Morgan fingerprint density at radius 1 is 1.00 bits per heavy atom. The molecule has 0 spiro atoms. The van der Waals surface area contributed by atoms with Gasteiger partial charge >= 0.3 is 6.03 Å². The molecule has 0 saturated heterocycles. The van der Waals surface area contributed by atoms with Crippen molar-refractivity contribution < 1.29 is 4.79 Å². The van der Waals surface area contributed by atoms with Crippen LogP contribution in [-0.2, 0) is 19.5 Å². The van der Waals surface area contributed by atoms with Crippen LogP contribution in [0.5, 0.6) is 0 Å². The standard InChI is InChI=1S/C27H35N3O/c1-6-23-12-14-25(15-13-23)28-27(31)30(22(5)20(2)3)19-26-11-8-16-29(26)18-24-10-7-9-21(4)17-24/h7-17,20,22H,6,18-19H2,1-5H3,(H,28,31)/t22-/m0/s1. The molecule has 1 atom stereocenters. The maximum atomic E-state index is 13.3. The van der Waals surface area contributed by atoms with Crippen molar-refractivity contribution in [2.75, 3.05) is 5.32 Å². The van der Waals surface area contributed by atoms with Gasteiger partial charge in [0.15, 0.2) is 0 Å². The van der Waals surface area contributed by atoms with Gasteiger partial charge in [-0.2, -0.15) is 0 Å². The summed E-state index contributed by atoms with van der Waals surface area (Å²) < 4.78 is 2.23. The Labute approximate surface area is 186 Å². The van der Waals surface area contributed by atoms with Crippen molar-refractivity contribution >= 4 is 11.7 Å². The summed E-state index contributed by atoms with van der Waals surface area (Å²) in [6.45, 7) is 12.1. The molecule has 0 radical (unpaired) electrons. The summed E-state index contributed by atoms with van der Waals surface area (Å²) in [7, 11) is 0. The van der Waals surface area contributed by atoms with Gasteiger partial charge in [0.1, 0.15) is 0 Å². The van der Waals surface area contributed by atoms with Gasteiger partial charge in [-0.3, -0.25) is 0 Å². The highest BCUT2D eigenvalue weighted by molar-refractivity contribution is 5.89. The number of benzene rings is 2. The number of anilines is 1. The van der Waals surface area contributed by atoms with Crippen LogP contribution in [-0.4, -0.2) is 21.5 Å². The van der Waals surface area contributed by atoms with E-state index in [1.807, 2.05) is 17.0 Å². The van der Waals surface area contributed by atoms with Crippen LogP contribution in [0, 0.1) is 12.8 Å². The van der Waals surface area contributed by atoms with E-state index in [1.54, 1.807) is 0 Å². The molecule has 0 unspecified atom stereocenters. The molecule has 31 heavy (non-hydrogen) atoms. The second-order valence-corrected chi connectivity index (χ2v) is 8.71. The predicted molar refractivity (Wildman–Crippen MR) is 129 cm³/mol. The van der Waals surface area contributed by atoms with Crippen LogP contribution >= 0.6 is 0 Å². The van der Waals surface area contributed by atoms with E-state index in [1.165, 1.54) is 16.7 Å². The number of nitrogens with one attached hydrogen (secondary N) is 1. The Morgan fingerprint density at radius 3 is 2.39 bits per heavy atom. The van der Waals surface area contributed by atoms with Crippen molar-refractivity contribution in [3.05, 3.63) is 89.2 Å². The van der Waals surface area contributed by atoms with Gasteiger partial charge in [0.25, 0.3) is 0 Å². The number of nitrogens with zero attached hydrogens (tertiary/aromatic N) is 2. The third kappa shape index (κ3) is 6.00. The molecule has 0 aliphatic rings. The van der Waals surface area contributed by atoms with Gasteiger partial charge in [-0.15, -0.1) is 0 Å². The lowest BCUT2D eigenvalue weighted by Gasteiger charge is -2.32. The predicted octanol–water partition coefficient (Wildman–Crippen LogP) is 6.49. The van der Waals surface area contributed by atoms with Crippen molar-refractivity contribution in [2.24, 2.45) is 5.92 Å². The van der Waals surface area contributed by atoms with Crippen molar-refractivity contribution in [1.29, 1.82) is 0 Å². The molecule has 4 nitrogen and oxygen atoms in total. The number of rotatable bonds is 8. The second-order valence-electron chi connectivity index (χ2n) is 8.71. The highest BCUT2D eigenvalue weighted by Crippen LogP contribution is 2.19. The van der Waals surface area contributed by atoms with Crippen LogP contribution in [0.1, 0.15) is 50.1 Å². The molecule has 0 aliphatic carbocycles. The minimum absolute atomic E-state index is 0.0613. The third-order valence-corrected chi connectivity index (χ3v) is 6.02. The smallest absolute Gasteiger partial charge is 0.322 e. The topological polar surface area (TPSA) is 37.3 Å². The molecule has 3 rings (SSSR count). The maximum absolute atomic E-state index is 13.3. The van der Waals surface area contributed by atoms with Crippen LogP contribution in [0.4, 0.5) is 10.5 Å². The Bertz CT molecular complexity index is 988. The summed E-state index contributed by atoms with van der Waals surface area (Å²) in [5.41, 5.74) is 5.75. The fourth-order valence-electron chi connectivity index (χ4n) is 3.71. The lowest BCUT2D eigenvalue weighted by atomic mass is 10.0. The molecule has 1 N–H and O–H groups in total. The van der Waals surface area contributed by atoms with Gasteiger partial charge in [-0.25, -0.2) is 4.79 Å². The second kappa shape index (κ2) is 10.3. The summed E-state index contributed by atoms with van der Waals surface area (Å²) in [4.78, 5) is 15.2. The van der Waals surface area contributed by atoms with Crippen LogP contribution in [0.15, 0.2) is 66.9 Å². The fraction of sp³-hybridized carbons (Fsp3) is 0.370. The Kier molecular flexibility index (Phi) is 7.56. The Morgan fingerprint density at radius 2 is 1.74 bits per heavy atom. The van der Waals surface area contributed by atoms with E-state index in [2.05, 4.69) is 99.2 Å². The Hall–Kier alpha value is -3.01. The largest absolute Gasteiger partial charge is 0.345 e. The maximum Gasteiger partial charge on any atom is 0.322 e. The van der Waals surface area contributed by atoms with E-state index in [-0.39, 0.29) is 12.1 Å². The zero-order chi connectivity index (χ0) is 22.4. The molecule has 0 saturated carbocycles. The fourth-order valence-corrected chi connectivity index (χ4v) is 3.71. The highest BCUT2D eigenvalue weighted by Gasteiger charge is 2.24. The summed E-state index contributed by atoms with van der Waals surface area (Å²) in [6, 6.07) is 20.9. The Balaban J connectivity index is 1.78. The number of hydrogen-bond acceptors (Lipinski definition) is 1. The molecule has 1 heterocycles. The van der Waals surface area contributed by atoms with E-state index >= 15 is 0 Å². The van der Waals surface area contributed by atoms with Crippen molar-refractivity contribution in [2.45, 2.75) is 60.2 Å². The van der Waals surface area contributed by atoms with Crippen LogP contribution in [0.25, 0.3) is 0 Å². The average molecular weight is 418 g/mol. The van der Waals surface area contributed by atoms with Crippen molar-refractivity contribution in [3.8, 4) is 0 Å². The van der Waals surface area contributed by atoms with Crippen LogP contribution in [0.2, 0.25) is 0 Å². The first-order valence-corrected chi connectivity index (χ1v) is 11.2. The molecule has 2 amide bonds. The quantitative estimate of drug-likeness (QED) is 0.447. The molecule has 1 aromatic heterocycles. The number of hydrogen-bond donors (Lipinski definition) is 1. The van der Waals surface area contributed by atoms with E-state index in [9.17, 15) is 4.79 Å². The lowest BCUT2D eigenvalue weighted by molar-refractivity contribution is 0.168. The number of amides is 2. The van der Waals surface area contributed by atoms with Crippen LogP contribution in [0.3, 0.4) is 0 Å². The average Bonchev–Trinajstić information content (AvgIpc) is 3.18. The number of aryl methyl sites for hydroxylation is 2.